The Labute approximate surface area is 100 Å². The Morgan fingerprint density at radius 3 is 2.59 bits per heavy atom. The summed E-state index contributed by atoms with van der Waals surface area (Å²) in [6, 6.07) is 7.81. The van der Waals surface area contributed by atoms with Crippen LogP contribution in [0.25, 0.3) is 0 Å². The van der Waals surface area contributed by atoms with Crippen LogP contribution in [0, 0.1) is 0 Å². The van der Waals surface area contributed by atoms with Crippen molar-refractivity contribution in [2.75, 3.05) is 0 Å². The van der Waals surface area contributed by atoms with Gasteiger partial charge in [0.15, 0.2) is 0 Å². The molecule has 0 aliphatic heterocycles. The van der Waals surface area contributed by atoms with E-state index in [9.17, 15) is 0 Å². The minimum atomic E-state index is 0.0454. The molecule has 1 heterocycles. The smallest absolute Gasteiger partial charge is 0.132 e. The first-order valence-corrected chi connectivity index (χ1v) is 5.49. The fourth-order valence-corrected chi connectivity index (χ4v) is 1.43. The van der Waals surface area contributed by atoms with Gasteiger partial charge in [-0.1, -0.05) is 12.1 Å². The van der Waals surface area contributed by atoms with Gasteiger partial charge < -0.3 is 10.5 Å². The molecular weight excluding hydrogens is 214 g/mol. The van der Waals surface area contributed by atoms with E-state index >= 15 is 0 Å². The standard InChI is InChI=1S/C13H15N3O/c1-10(14)11-2-4-13(5-3-11)17-9-12-8-15-6-7-16-12/h2-8,10H,9,14H2,1H3. The Balaban J connectivity index is 1.96. The third kappa shape index (κ3) is 3.26. The number of hydrogen-bond donors (Lipinski definition) is 1. The van der Waals surface area contributed by atoms with Crippen molar-refractivity contribution in [3.63, 3.8) is 0 Å². The summed E-state index contributed by atoms with van der Waals surface area (Å²) in [6.07, 6.45) is 4.98. The Morgan fingerprint density at radius 1 is 1.24 bits per heavy atom. The van der Waals surface area contributed by atoms with Crippen LogP contribution in [-0.2, 0) is 6.61 Å². The third-order valence-corrected chi connectivity index (χ3v) is 2.41. The van der Waals surface area contributed by atoms with E-state index in [1.807, 2.05) is 31.2 Å². The Hall–Kier alpha value is -1.94. The number of nitrogens with zero attached hydrogens (tertiary/aromatic N) is 2. The molecule has 0 fully saturated rings. The molecule has 4 heteroatoms. The zero-order chi connectivity index (χ0) is 12.1. The summed E-state index contributed by atoms with van der Waals surface area (Å²) >= 11 is 0. The van der Waals surface area contributed by atoms with Crippen molar-refractivity contribution in [2.24, 2.45) is 5.73 Å². The van der Waals surface area contributed by atoms with E-state index < -0.39 is 0 Å². The van der Waals surface area contributed by atoms with Crippen molar-refractivity contribution >= 4 is 0 Å². The van der Waals surface area contributed by atoms with Gasteiger partial charge in [-0.25, -0.2) is 0 Å². The summed E-state index contributed by atoms with van der Waals surface area (Å²) in [6.45, 7) is 2.38. The molecule has 0 spiro atoms. The molecule has 0 amide bonds. The van der Waals surface area contributed by atoms with E-state index in [2.05, 4.69) is 9.97 Å². The van der Waals surface area contributed by atoms with Gasteiger partial charge >= 0.3 is 0 Å². The van der Waals surface area contributed by atoms with Gasteiger partial charge in [-0.15, -0.1) is 0 Å². The SMILES string of the molecule is CC(N)c1ccc(OCc2cnccn2)cc1. The highest BCUT2D eigenvalue weighted by molar-refractivity contribution is 5.28. The van der Waals surface area contributed by atoms with Crippen LogP contribution < -0.4 is 10.5 Å². The van der Waals surface area contributed by atoms with Crippen LogP contribution in [0.1, 0.15) is 24.2 Å². The largest absolute Gasteiger partial charge is 0.487 e. The number of aromatic nitrogens is 2. The van der Waals surface area contributed by atoms with Crippen molar-refractivity contribution in [3.8, 4) is 5.75 Å². The third-order valence-electron chi connectivity index (χ3n) is 2.41. The van der Waals surface area contributed by atoms with Crippen molar-refractivity contribution in [3.05, 3.63) is 54.1 Å². The highest BCUT2D eigenvalue weighted by Crippen LogP contribution is 2.16. The monoisotopic (exact) mass is 229 g/mol. The molecule has 17 heavy (non-hydrogen) atoms. The summed E-state index contributed by atoms with van der Waals surface area (Å²) in [5.41, 5.74) is 7.67. The predicted octanol–water partition coefficient (Wildman–Crippen LogP) is 2.08. The maximum atomic E-state index is 5.77. The summed E-state index contributed by atoms with van der Waals surface area (Å²) < 4.78 is 5.58. The van der Waals surface area contributed by atoms with Crippen LogP contribution in [-0.4, -0.2) is 9.97 Å². The fraction of sp³-hybridized carbons (Fsp3) is 0.231. The number of rotatable bonds is 4. The highest BCUT2D eigenvalue weighted by Gasteiger charge is 2.00. The van der Waals surface area contributed by atoms with E-state index in [4.69, 9.17) is 10.5 Å². The van der Waals surface area contributed by atoms with Crippen LogP contribution in [0.15, 0.2) is 42.9 Å². The lowest BCUT2D eigenvalue weighted by molar-refractivity contribution is 0.300. The van der Waals surface area contributed by atoms with Crippen LogP contribution in [0.3, 0.4) is 0 Å². The molecule has 0 aliphatic carbocycles. The lowest BCUT2D eigenvalue weighted by atomic mass is 10.1. The number of hydrogen-bond acceptors (Lipinski definition) is 4. The topological polar surface area (TPSA) is 61.0 Å². The molecule has 2 aromatic rings. The molecule has 0 saturated heterocycles. The number of ether oxygens (including phenoxy) is 1. The molecule has 88 valence electrons. The minimum Gasteiger partial charge on any atom is -0.487 e. The van der Waals surface area contributed by atoms with Crippen molar-refractivity contribution in [1.82, 2.24) is 9.97 Å². The van der Waals surface area contributed by atoms with Gasteiger partial charge in [-0.05, 0) is 24.6 Å². The van der Waals surface area contributed by atoms with Gasteiger partial charge in [0.2, 0.25) is 0 Å². The second kappa shape index (κ2) is 5.41. The van der Waals surface area contributed by atoms with Gasteiger partial charge in [0.05, 0.1) is 11.9 Å². The molecule has 1 aromatic carbocycles. The van der Waals surface area contributed by atoms with E-state index in [0.29, 0.717) is 6.61 Å². The Bertz CT molecular complexity index is 454. The maximum Gasteiger partial charge on any atom is 0.132 e. The molecule has 2 rings (SSSR count). The lowest BCUT2D eigenvalue weighted by Crippen LogP contribution is -2.04. The quantitative estimate of drug-likeness (QED) is 0.871. The van der Waals surface area contributed by atoms with Crippen molar-refractivity contribution in [2.45, 2.75) is 19.6 Å². The van der Waals surface area contributed by atoms with E-state index in [1.165, 1.54) is 0 Å². The Kier molecular flexibility index (Phi) is 3.67. The predicted molar refractivity (Wildman–Crippen MR) is 65.4 cm³/mol. The highest BCUT2D eigenvalue weighted by atomic mass is 16.5. The zero-order valence-corrected chi connectivity index (χ0v) is 9.71. The van der Waals surface area contributed by atoms with Crippen LogP contribution >= 0.6 is 0 Å². The molecule has 2 N–H and O–H groups in total. The van der Waals surface area contributed by atoms with E-state index in [1.54, 1.807) is 18.6 Å². The van der Waals surface area contributed by atoms with E-state index in [-0.39, 0.29) is 6.04 Å². The zero-order valence-electron chi connectivity index (χ0n) is 9.71. The lowest BCUT2D eigenvalue weighted by Gasteiger charge is -2.08. The molecule has 1 unspecified atom stereocenters. The second-order valence-electron chi connectivity index (χ2n) is 3.84. The second-order valence-corrected chi connectivity index (χ2v) is 3.84. The van der Waals surface area contributed by atoms with Crippen LogP contribution in [0.5, 0.6) is 5.75 Å². The number of nitrogens with two attached hydrogens (primary N) is 1. The summed E-state index contributed by atoms with van der Waals surface area (Å²) in [5, 5.41) is 0. The molecule has 0 saturated carbocycles. The molecule has 0 bridgehead atoms. The fourth-order valence-electron chi connectivity index (χ4n) is 1.43. The molecule has 4 nitrogen and oxygen atoms in total. The van der Waals surface area contributed by atoms with Gasteiger partial charge in [0.25, 0.3) is 0 Å². The normalized spacial score (nSPS) is 12.1. The average molecular weight is 229 g/mol. The number of benzene rings is 1. The summed E-state index contributed by atoms with van der Waals surface area (Å²) in [5.74, 6) is 0.806. The van der Waals surface area contributed by atoms with E-state index in [0.717, 1.165) is 17.0 Å². The van der Waals surface area contributed by atoms with Crippen molar-refractivity contribution in [1.29, 1.82) is 0 Å². The minimum absolute atomic E-state index is 0.0454. The average Bonchev–Trinajstić information content (AvgIpc) is 2.38. The molecule has 0 aliphatic rings. The molecule has 1 atom stereocenters. The summed E-state index contributed by atoms with van der Waals surface area (Å²) in [7, 11) is 0. The van der Waals surface area contributed by atoms with Gasteiger partial charge in [0.1, 0.15) is 12.4 Å². The van der Waals surface area contributed by atoms with Crippen LogP contribution in [0.4, 0.5) is 0 Å². The van der Waals surface area contributed by atoms with Crippen LogP contribution in [0.2, 0.25) is 0 Å². The first-order chi connectivity index (χ1) is 8.25. The van der Waals surface area contributed by atoms with Gasteiger partial charge in [-0.2, -0.15) is 0 Å². The first-order valence-electron chi connectivity index (χ1n) is 5.49. The molecular formula is C13H15N3O. The first kappa shape index (κ1) is 11.5. The van der Waals surface area contributed by atoms with Gasteiger partial charge in [-0.3, -0.25) is 9.97 Å². The van der Waals surface area contributed by atoms with Gasteiger partial charge in [0, 0.05) is 18.4 Å². The van der Waals surface area contributed by atoms with Crippen molar-refractivity contribution < 1.29 is 4.74 Å². The maximum absolute atomic E-state index is 5.77. The summed E-state index contributed by atoms with van der Waals surface area (Å²) in [4.78, 5) is 8.11. The Morgan fingerprint density at radius 2 is 2.00 bits per heavy atom. The molecule has 1 aromatic heterocycles. The molecule has 0 radical (unpaired) electrons.